The molecule has 2 rings (SSSR count). The van der Waals surface area contributed by atoms with Crippen LogP contribution in [-0.2, 0) is 9.53 Å². The summed E-state index contributed by atoms with van der Waals surface area (Å²) >= 11 is 0. The van der Waals surface area contributed by atoms with Crippen LogP contribution >= 0.6 is 0 Å². The van der Waals surface area contributed by atoms with E-state index in [1.165, 1.54) is 4.90 Å². The normalized spacial score (nSPS) is 18.8. The zero-order chi connectivity index (χ0) is 16.5. The van der Waals surface area contributed by atoms with Crippen LogP contribution in [0.5, 0.6) is 0 Å². The van der Waals surface area contributed by atoms with Crippen molar-refractivity contribution in [2.75, 3.05) is 18.8 Å². The van der Waals surface area contributed by atoms with Gasteiger partial charge in [0.2, 0.25) is 5.91 Å². The number of hydrogen-bond donors (Lipinski definition) is 2. The summed E-state index contributed by atoms with van der Waals surface area (Å²) in [7, 11) is 0. The second kappa shape index (κ2) is 5.87. The fraction of sp³-hybridized carbons (Fsp3) is 0.500. The summed E-state index contributed by atoms with van der Waals surface area (Å²) in [6, 6.07) is 4.67. The molecule has 1 atom stereocenters. The van der Waals surface area contributed by atoms with Crippen LogP contribution in [0.15, 0.2) is 18.2 Å². The lowest BCUT2D eigenvalue weighted by atomic mass is 10.00. The Labute approximate surface area is 130 Å². The topological polar surface area (TPSA) is 84.7 Å². The Bertz CT molecular complexity index is 593. The third-order valence-electron chi connectivity index (χ3n) is 3.45. The maximum atomic E-state index is 12.4. The largest absolute Gasteiger partial charge is 0.444 e. The Morgan fingerprint density at radius 1 is 1.41 bits per heavy atom. The number of ether oxygens (including phenoxy) is 1. The van der Waals surface area contributed by atoms with Gasteiger partial charge in [-0.2, -0.15) is 0 Å². The molecule has 3 N–H and O–H groups in total. The molecule has 1 aliphatic rings. The SMILES string of the molecule is Cc1cc(C2C(=O)NCCN2C(=O)OC(C)(C)C)ccc1N. The van der Waals surface area contributed by atoms with Gasteiger partial charge in [-0.05, 0) is 44.9 Å². The number of anilines is 1. The van der Waals surface area contributed by atoms with Gasteiger partial charge in [-0.3, -0.25) is 9.69 Å². The molecule has 1 fully saturated rings. The Morgan fingerprint density at radius 2 is 2.09 bits per heavy atom. The minimum Gasteiger partial charge on any atom is -0.444 e. The lowest BCUT2D eigenvalue weighted by Crippen LogP contribution is -2.53. The Hall–Kier alpha value is -2.24. The molecule has 22 heavy (non-hydrogen) atoms. The number of benzene rings is 1. The molecule has 0 saturated carbocycles. The molecule has 120 valence electrons. The number of carbonyl (C=O) groups is 2. The molecular weight excluding hydrogens is 282 g/mol. The van der Waals surface area contributed by atoms with Gasteiger partial charge < -0.3 is 15.8 Å². The first kappa shape index (κ1) is 16.1. The first-order valence-corrected chi connectivity index (χ1v) is 7.32. The van der Waals surface area contributed by atoms with Crippen LogP contribution in [-0.4, -0.2) is 35.6 Å². The molecule has 6 nitrogen and oxygen atoms in total. The molecule has 1 heterocycles. The molecule has 0 spiro atoms. The summed E-state index contributed by atoms with van der Waals surface area (Å²) in [6.07, 6.45) is -0.484. The highest BCUT2D eigenvalue weighted by Crippen LogP contribution is 2.27. The molecule has 1 aliphatic heterocycles. The average molecular weight is 305 g/mol. The summed E-state index contributed by atoms with van der Waals surface area (Å²) < 4.78 is 5.41. The van der Waals surface area contributed by atoms with Gasteiger partial charge >= 0.3 is 6.09 Å². The molecule has 2 amide bonds. The van der Waals surface area contributed by atoms with E-state index in [9.17, 15) is 9.59 Å². The summed E-state index contributed by atoms with van der Waals surface area (Å²) in [5, 5.41) is 2.79. The maximum absolute atomic E-state index is 12.4. The number of amides is 2. The number of piperazine rings is 1. The van der Waals surface area contributed by atoms with Crippen molar-refractivity contribution in [1.29, 1.82) is 0 Å². The number of rotatable bonds is 1. The number of hydrogen-bond acceptors (Lipinski definition) is 4. The van der Waals surface area contributed by atoms with E-state index in [1.807, 2.05) is 13.0 Å². The number of nitrogens with two attached hydrogens (primary N) is 1. The van der Waals surface area contributed by atoms with E-state index in [1.54, 1.807) is 32.9 Å². The average Bonchev–Trinajstić information content (AvgIpc) is 2.40. The van der Waals surface area contributed by atoms with Crippen LogP contribution < -0.4 is 11.1 Å². The standard InChI is InChI=1S/C16H23N3O3/c1-10-9-11(5-6-12(10)17)13-14(20)18-7-8-19(13)15(21)22-16(2,3)4/h5-6,9,13H,7-8,17H2,1-4H3,(H,18,20). The number of nitrogens with one attached hydrogen (secondary N) is 1. The fourth-order valence-corrected chi connectivity index (χ4v) is 2.38. The Kier molecular flexibility index (Phi) is 4.30. The van der Waals surface area contributed by atoms with Crippen LogP contribution in [0.2, 0.25) is 0 Å². The molecule has 0 aromatic heterocycles. The summed E-state index contributed by atoms with van der Waals surface area (Å²) in [5.41, 5.74) is 7.48. The van der Waals surface area contributed by atoms with Crippen molar-refractivity contribution in [2.24, 2.45) is 0 Å². The number of carbonyl (C=O) groups excluding carboxylic acids is 2. The number of nitrogens with zero attached hydrogens (tertiary/aromatic N) is 1. The van der Waals surface area contributed by atoms with E-state index in [2.05, 4.69) is 5.32 Å². The Balaban J connectivity index is 2.32. The van der Waals surface area contributed by atoms with Gasteiger partial charge in [0.25, 0.3) is 0 Å². The third kappa shape index (κ3) is 3.50. The van der Waals surface area contributed by atoms with Gasteiger partial charge in [-0.15, -0.1) is 0 Å². The maximum Gasteiger partial charge on any atom is 0.411 e. The number of nitrogen functional groups attached to an aromatic ring is 1. The molecule has 1 unspecified atom stereocenters. The van der Waals surface area contributed by atoms with Gasteiger partial charge in [0.15, 0.2) is 0 Å². The predicted octanol–water partition coefficient (Wildman–Crippen LogP) is 1.99. The van der Waals surface area contributed by atoms with Crippen LogP contribution in [0.1, 0.15) is 37.9 Å². The number of aryl methyl sites for hydroxylation is 1. The smallest absolute Gasteiger partial charge is 0.411 e. The van der Waals surface area contributed by atoms with Gasteiger partial charge in [-0.25, -0.2) is 4.79 Å². The summed E-state index contributed by atoms with van der Waals surface area (Å²) in [5.74, 6) is -0.207. The molecule has 0 bridgehead atoms. The summed E-state index contributed by atoms with van der Waals surface area (Å²) in [4.78, 5) is 26.1. The van der Waals surface area contributed by atoms with Crippen LogP contribution in [0.3, 0.4) is 0 Å². The van der Waals surface area contributed by atoms with Gasteiger partial charge in [0.05, 0.1) is 0 Å². The van der Waals surface area contributed by atoms with Gasteiger partial charge in [0.1, 0.15) is 11.6 Å². The van der Waals surface area contributed by atoms with E-state index in [4.69, 9.17) is 10.5 Å². The molecule has 6 heteroatoms. The lowest BCUT2D eigenvalue weighted by Gasteiger charge is -2.36. The van der Waals surface area contributed by atoms with Gasteiger partial charge in [0, 0.05) is 18.8 Å². The van der Waals surface area contributed by atoms with Crippen molar-refractivity contribution >= 4 is 17.7 Å². The minimum atomic E-state index is -0.692. The highest BCUT2D eigenvalue weighted by Gasteiger charge is 2.36. The van der Waals surface area contributed by atoms with E-state index in [0.717, 1.165) is 11.1 Å². The first-order chi connectivity index (χ1) is 10.2. The fourth-order valence-electron chi connectivity index (χ4n) is 2.38. The molecule has 1 aromatic carbocycles. The van der Waals surface area contributed by atoms with Crippen LogP contribution in [0, 0.1) is 6.92 Å². The first-order valence-electron chi connectivity index (χ1n) is 7.32. The summed E-state index contributed by atoms with van der Waals surface area (Å²) in [6.45, 7) is 8.11. The molecule has 0 aliphatic carbocycles. The minimum absolute atomic E-state index is 0.207. The molecular formula is C16H23N3O3. The lowest BCUT2D eigenvalue weighted by molar-refractivity contribution is -0.129. The molecule has 0 radical (unpaired) electrons. The molecule has 1 aromatic rings. The zero-order valence-corrected chi connectivity index (χ0v) is 13.5. The second-order valence-electron chi connectivity index (χ2n) is 6.48. The third-order valence-corrected chi connectivity index (χ3v) is 3.45. The second-order valence-corrected chi connectivity index (χ2v) is 6.48. The quantitative estimate of drug-likeness (QED) is 0.777. The Morgan fingerprint density at radius 3 is 2.68 bits per heavy atom. The molecule has 1 saturated heterocycles. The van der Waals surface area contributed by atoms with E-state index in [-0.39, 0.29) is 5.91 Å². The van der Waals surface area contributed by atoms with E-state index >= 15 is 0 Å². The van der Waals surface area contributed by atoms with Crippen molar-refractivity contribution in [1.82, 2.24) is 10.2 Å². The monoisotopic (exact) mass is 305 g/mol. The van der Waals surface area contributed by atoms with E-state index in [0.29, 0.717) is 18.8 Å². The van der Waals surface area contributed by atoms with Crippen LogP contribution in [0.25, 0.3) is 0 Å². The predicted molar refractivity (Wildman–Crippen MR) is 84.3 cm³/mol. The van der Waals surface area contributed by atoms with Crippen LogP contribution in [0.4, 0.5) is 10.5 Å². The highest BCUT2D eigenvalue weighted by molar-refractivity contribution is 5.88. The van der Waals surface area contributed by atoms with Gasteiger partial charge in [-0.1, -0.05) is 12.1 Å². The van der Waals surface area contributed by atoms with E-state index < -0.39 is 17.7 Å². The highest BCUT2D eigenvalue weighted by atomic mass is 16.6. The zero-order valence-electron chi connectivity index (χ0n) is 13.5. The van der Waals surface area contributed by atoms with Crippen molar-refractivity contribution in [3.8, 4) is 0 Å². The van der Waals surface area contributed by atoms with Crippen molar-refractivity contribution < 1.29 is 14.3 Å². The van der Waals surface area contributed by atoms with Crippen molar-refractivity contribution in [3.63, 3.8) is 0 Å². The van der Waals surface area contributed by atoms with Crippen molar-refractivity contribution in [2.45, 2.75) is 39.3 Å². The van der Waals surface area contributed by atoms with Crippen molar-refractivity contribution in [3.05, 3.63) is 29.3 Å².